The van der Waals surface area contributed by atoms with Gasteiger partial charge in [0.2, 0.25) is 0 Å². The van der Waals surface area contributed by atoms with Crippen LogP contribution in [0.1, 0.15) is 18.5 Å². The standard InChI is InChI=1S/C17H15N5O3/c1-9-20-15(17(21-9)22(24)25)11-6-13-14(8-19-16(13)18-7-11)10-2-4-12(23)5-3-10/h2-8,15,17,23H,1H3,(H,18,19)(H,20,21). The number of benzene rings is 1. The molecule has 8 heteroatoms. The molecule has 4 rings (SSSR count). The first-order valence-electron chi connectivity index (χ1n) is 7.74. The maximum Gasteiger partial charge on any atom is 0.312 e. The van der Waals surface area contributed by atoms with E-state index in [0.717, 1.165) is 16.5 Å². The number of phenols is 1. The van der Waals surface area contributed by atoms with Crippen LogP contribution in [-0.4, -0.2) is 32.0 Å². The fourth-order valence-corrected chi connectivity index (χ4v) is 3.10. The molecule has 1 aliphatic heterocycles. The van der Waals surface area contributed by atoms with Crippen molar-refractivity contribution in [1.29, 1.82) is 0 Å². The van der Waals surface area contributed by atoms with Gasteiger partial charge in [-0.15, -0.1) is 0 Å². The first kappa shape index (κ1) is 15.1. The lowest BCUT2D eigenvalue weighted by atomic mass is 10.0. The van der Waals surface area contributed by atoms with E-state index in [2.05, 4.69) is 20.3 Å². The largest absolute Gasteiger partial charge is 0.508 e. The van der Waals surface area contributed by atoms with E-state index in [0.29, 0.717) is 17.0 Å². The summed E-state index contributed by atoms with van der Waals surface area (Å²) in [5, 5.41) is 24.4. The molecule has 0 saturated carbocycles. The van der Waals surface area contributed by atoms with Crippen molar-refractivity contribution < 1.29 is 10.0 Å². The third-order valence-corrected chi connectivity index (χ3v) is 4.29. The number of aliphatic imine (C=N–C) groups is 1. The van der Waals surface area contributed by atoms with Crippen LogP contribution in [0.15, 0.2) is 47.7 Å². The second-order valence-electron chi connectivity index (χ2n) is 5.95. The molecule has 3 aromatic rings. The third-order valence-electron chi connectivity index (χ3n) is 4.29. The molecule has 0 fully saturated rings. The predicted molar refractivity (Wildman–Crippen MR) is 93.0 cm³/mol. The van der Waals surface area contributed by atoms with Gasteiger partial charge >= 0.3 is 6.17 Å². The number of rotatable bonds is 3. The van der Waals surface area contributed by atoms with E-state index in [1.807, 2.05) is 24.4 Å². The van der Waals surface area contributed by atoms with Crippen molar-refractivity contribution in [1.82, 2.24) is 15.3 Å². The molecule has 0 saturated heterocycles. The number of fused-ring (bicyclic) bond motifs is 1. The van der Waals surface area contributed by atoms with E-state index in [1.54, 1.807) is 25.3 Å². The van der Waals surface area contributed by atoms with Crippen LogP contribution in [0.25, 0.3) is 22.2 Å². The summed E-state index contributed by atoms with van der Waals surface area (Å²) in [7, 11) is 0. The van der Waals surface area contributed by atoms with Crippen molar-refractivity contribution in [2.75, 3.05) is 0 Å². The first-order chi connectivity index (χ1) is 12.0. The molecule has 25 heavy (non-hydrogen) atoms. The van der Waals surface area contributed by atoms with E-state index in [9.17, 15) is 15.2 Å². The summed E-state index contributed by atoms with van der Waals surface area (Å²) in [4.78, 5) is 22.7. The van der Waals surface area contributed by atoms with Crippen molar-refractivity contribution in [2.45, 2.75) is 19.1 Å². The summed E-state index contributed by atoms with van der Waals surface area (Å²) in [6.45, 7) is 1.71. The van der Waals surface area contributed by atoms with Gasteiger partial charge in [0.15, 0.2) is 6.04 Å². The number of H-pyrrole nitrogens is 1. The SMILES string of the molecule is CC1=NC(c2cnc3[nH]cc(-c4ccc(O)cc4)c3c2)C([N+](=O)[O-])N1. The number of aromatic nitrogens is 2. The fourth-order valence-electron chi connectivity index (χ4n) is 3.10. The van der Waals surface area contributed by atoms with Crippen LogP contribution in [0.4, 0.5) is 0 Å². The van der Waals surface area contributed by atoms with Crippen LogP contribution in [-0.2, 0) is 0 Å². The van der Waals surface area contributed by atoms with Gasteiger partial charge in [0, 0.05) is 33.8 Å². The number of amidine groups is 1. The molecule has 0 radical (unpaired) electrons. The Hall–Kier alpha value is -3.42. The van der Waals surface area contributed by atoms with E-state index in [1.165, 1.54) is 0 Å². The van der Waals surface area contributed by atoms with Crippen molar-refractivity contribution >= 4 is 16.9 Å². The van der Waals surface area contributed by atoms with Crippen LogP contribution in [0.3, 0.4) is 0 Å². The molecule has 1 aliphatic rings. The molecule has 126 valence electrons. The number of nitrogens with one attached hydrogen (secondary N) is 2. The van der Waals surface area contributed by atoms with Crippen LogP contribution >= 0.6 is 0 Å². The highest BCUT2D eigenvalue weighted by molar-refractivity contribution is 5.94. The minimum atomic E-state index is -0.990. The molecule has 3 heterocycles. The number of hydrogen-bond acceptors (Lipinski definition) is 6. The van der Waals surface area contributed by atoms with Gasteiger partial charge in [0.25, 0.3) is 0 Å². The molecule has 0 bridgehead atoms. The molecule has 0 spiro atoms. The Morgan fingerprint density at radius 2 is 2.04 bits per heavy atom. The van der Waals surface area contributed by atoms with Gasteiger partial charge < -0.3 is 15.4 Å². The average Bonchev–Trinajstić information content (AvgIpc) is 3.18. The summed E-state index contributed by atoms with van der Waals surface area (Å²) in [5.74, 6) is 0.734. The van der Waals surface area contributed by atoms with E-state index in [-0.39, 0.29) is 10.7 Å². The van der Waals surface area contributed by atoms with Crippen LogP contribution in [0, 0.1) is 10.1 Å². The molecule has 8 nitrogen and oxygen atoms in total. The Kier molecular flexibility index (Phi) is 3.38. The minimum Gasteiger partial charge on any atom is -0.508 e. The lowest BCUT2D eigenvalue weighted by Gasteiger charge is -2.11. The predicted octanol–water partition coefficient (Wildman–Crippen LogP) is 2.60. The third kappa shape index (κ3) is 2.57. The summed E-state index contributed by atoms with van der Waals surface area (Å²) in [6.07, 6.45) is 2.46. The molecule has 3 N–H and O–H groups in total. The van der Waals surface area contributed by atoms with Gasteiger partial charge in [-0.2, -0.15) is 0 Å². The highest BCUT2D eigenvalue weighted by Crippen LogP contribution is 2.33. The second kappa shape index (κ2) is 5.59. The lowest BCUT2D eigenvalue weighted by molar-refractivity contribution is -0.528. The Labute approximate surface area is 142 Å². The Bertz CT molecular complexity index is 993. The smallest absolute Gasteiger partial charge is 0.312 e. The van der Waals surface area contributed by atoms with Gasteiger partial charge in [0.1, 0.15) is 11.4 Å². The van der Waals surface area contributed by atoms with Crippen molar-refractivity contribution in [3.8, 4) is 16.9 Å². The number of aromatic amines is 1. The summed E-state index contributed by atoms with van der Waals surface area (Å²) >= 11 is 0. The number of phenolic OH excluding ortho intramolecular Hbond substituents is 1. The summed E-state index contributed by atoms with van der Waals surface area (Å²) in [6, 6.07) is 8.11. The number of pyridine rings is 1. The minimum absolute atomic E-state index is 0.193. The topological polar surface area (TPSA) is 116 Å². The van der Waals surface area contributed by atoms with Crippen molar-refractivity contribution in [3.63, 3.8) is 0 Å². The average molecular weight is 337 g/mol. The molecule has 1 aromatic carbocycles. The van der Waals surface area contributed by atoms with Gasteiger partial charge in [-0.05, 0) is 30.7 Å². The zero-order valence-corrected chi connectivity index (χ0v) is 13.3. The molecule has 2 atom stereocenters. The van der Waals surface area contributed by atoms with E-state index >= 15 is 0 Å². The fraction of sp³-hybridized carbons (Fsp3) is 0.176. The highest BCUT2D eigenvalue weighted by Gasteiger charge is 2.38. The lowest BCUT2D eigenvalue weighted by Crippen LogP contribution is -2.37. The number of hydrogen-bond donors (Lipinski definition) is 3. The van der Waals surface area contributed by atoms with Crippen molar-refractivity contribution in [2.24, 2.45) is 4.99 Å². The van der Waals surface area contributed by atoms with Gasteiger partial charge in [-0.3, -0.25) is 15.1 Å². The summed E-state index contributed by atoms with van der Waals surface area (Å²) < 4.78 is 0. The molecular formula is C17H15N5O3. The van der Waals surface area contributed by atoms with Gasteiger partial charge in [-0.1, -0.05) is 12.1 Å². The Balaban J connectivity index is 1.81. The Morgan fingerprint density at radius 3 is 2.76 bits per heavy atom. The molecule has 2 aromatic heterocycles. The molecular weight excluding hydrogens is 322 g/mol. The van der Waals surface area contributed by atoms with E-state index < -0.39 is 12.2 Å². The number of nitro groups is 1. The highest BCUT2D eigenvalue weighted by atomic mass is 16.6. The normalized spacial score (nSPS) is 19.6. The quantitative estimate of drug-likeness (QED) is 0.502. The second-order valence-corrected chi connectivity index (χ2v) is 5.95. The summed E-state index contributed by atoms with van der Waals surface area (Å²) in [5.41, 5.74) is 3.20. The monoisotopic (exact) mass is 337 g/mol. The van der Waals surface area contributed by atoms with Crippen LogP contribution < -0.4 is 5.32 Å². The Morgan fingerprint density at radius 1 is 1.28 bits per heavy atom. The maximum absolute atomic E-state index is 11.3. The number of nitrogens with zero attached hydrogens (tertiary/aromatic N) is 3. The first-order valence-corrected chi connectivity index (χ1v) is 7.74. The molecule has 2 unspecified atom stereocenters. The molecule has 0 amide bonds. The van der Waals surface area contributed by atoms with Gasteiger partial charge in [0.05, 0.1) is 5.84 Å². The zero-order valence-electron chi connectivity index (χ0n) is 13.3. The van der Waals surface area contributed by atoms with E-state index in [4.69, 9.17) is 0 Å². The maximum atomic E-state index is 11.3. The van der Waals surface area contributed by atoms with Crippen LogP contribution in [0.5, 0.6) is 5.75 Å². The zero-order chi connectivity index (χ0) is 17.6. The van der Waals surface area contributed by atoms with Gasteiger partial charge in [-0.25, -0.2) is 4.98 Å². The molecule has 0 aliphatic carbocycles. The van der Waals surface area contributed by atoms with Crippen LogP contribution in [0.2, 0.25) is 0 Å². The number of aromatic hydroxyl groups is 1. The van der Waals surface area contributed by atoms with Crippen molar-refractivity contribution in [3.05, 3.63) is 58.4 Å².